The lowest BCUT2D eigenvalue weighted by Gasteiger charge is -2.21. The molecule has 0 amide bonds. The number of alkyl halides is 3. The molecule has 0 fully saturated rings. The van der Waals surface area contributed by atoms with Gasteiger partial charge in [0.1, 0.15) is 17.2 Å². The van der Waals surface area contributed by atoms with Crippen LogP contribution in [0, 0.1) is 0 Å². The molecule has 5 nitrogen and oxygen atoms in total. The van der Waals surface area contributed by atoms with E-state index in [0.717, 1.165) is 12.3 Å². The molecule has 0 spiro atoms. The maximum absolute atomic E-state index is 12.8. The minimum Gasteiger partial charge on any atom is -0.467 e. The zero-order valence-corrected chi connectivity index (χ0v) is 11.8. The Morgan fingerprint density at radius 3 is 2.04 bits per heavy atom. The molecule has 0 atom stereocenters. The van der Waals surface area contributed by atoms with Gasteiger partial charge in [0.15, 0.2) is 0 Å². The average Bonchev–Trinajstić information content (AvgIpc) is 3.19. The van der Waals surface area contributed by atoms with Gasteiger partial charge in [-0.3, -0.25) is 0 Å². The molecule has 8 heteroatoms. The average molecular weight is 323 g/mol. The van der Waals surface area contributed by atoms with E-state index >= 15 is 0 Å². The van der Waals surface area contributed by atoms with Crippen LogP contribution in [0.25, 0.3) is 0 Å². The summed E-state index contributed by atoms with van der Waals surface area (Å²) in [6.45, 7) is 0.435. The maximum atomic E-state index is 12.8. The Bertz CT molecular complexity index is 703. The molecule has 0 radical (unpaired) electrons. The summed E-state index contributed by atoms with van der Waals surface area (Å²) in [6, 6.07) is 7.69. The van der Waals surface area contributed by atoms with Crippen molar-refractivity contribution in [1.29, 1.82) is 0 Å². The van der Waals surface area contributed by atoms with Crippen molar-refractivity contribution in [2.75, 3.05) is 4.90 Å². The molecule has 0 bridgehead atoms. The molecule has 0 aliphatic heterocycles. The van der Waals surface area contributed by atoms with E-state index in [0.29, 0.717) is 11.5 Å². The van der Waals surface area contributed by atoms with Crippen LogP contribution >= 0.6 is 0 Å². The Kier molecular flexibility index (Phi) is 4.05. The van der Waals surface area contributed by atoms with E-state index in [2.05, 4.69) is 9.97 Å². The summed E-state index contributed by atoms with van der Waals surface area (Å²) < 4.78 is 49.0. The second-order valence-corrected chi connectivity index (χ2v) is 4.75. The third-order valence-electron chi connectivity index (χ3n) is 3.07. The predicted molar refractivity (Wildman–Crippen MR) is 74.3 cm³/mol. The highest BCUT2D eigenvalue weighted by Gasteiger charge is 2.33. The fourth-order valence-corrected chi connectivity index (χ4v) is 2.04. The molecular weight excluding hydrogens is 311 g/mol. The molecule has 0 unspecified atom stereocenters. The lowest BCUT2D eigenvalue weighted by molar-refractivity contribution is -0.141. The minimum atomic E-state index is -4.53. The van der Waals surface area contributed by atoms with Crippen molar-refractivity contribution in [1.82, 2.24) is 9.97 Å². The van der Waals surface area contributed by atoms with Crippen molar-refractivity contribution in [2.45, 2.75) is 19.3 Å². The number of halogens is 3. The van der Waals surface area contributed by atoms with E-state index < -0.39 is 11.9 Å². The molecule has 3 rings (SSSR count). The van der Waals surface area contributed by atoms with E-state index in [1.165, 1.54) is 12.5 Å². The maximum Gasteiger partial charge on any atom is 0.433 e. The number of hydrogen-bond acceptors (Lipinski definition) is 5. The first-order valence-corrected chi connectivity index (χ1v) is 6.72. The zero-order valence-electron chi connectivity index (χ0n) is 11.8. The number of furan rings is 2. The fourth-order valence-electron chi connectivity index (χ4n) is 2.04. The van der Waals surface area contributed by atoms with Gasteiger partial charge in [-0.15, -0.1) is 0 Å². The van der Waals surface area contributed by atoms with E-state index in [9.17, 15) is 13.2 Å². The highest BCUT2D eigenvalue weighted by Crippen LogP contribution is 2.28. The van der Waals surface area contributed by atoms with E-state index in [1.54, 1.807) is 29.2 Å². The number of aromatic nitrogens is 2. The van der Waals surface area contributed by atoms with Crippen LogP contribution in [0.1, 0.15) is 17.2 Å². The monoisotopic (exact) mass is 323 g/mol. The molecule has 3 aromatic heterocycles. The molecule has 0 N–H and O–H groups in total. The van der Waals surface area contributed by atoms with Crippen molar-refractivity contribution in [3.8, 4) is 0 Å². The Balaban J connectivity index is 1.90. The van der Waals surface area contributed by atoms with Gasteiger partial charge in [-0.1, -0.05) is 0 Å². The summed E-state index contributed by atoms with van der Waals surface area (Å²) >= 11 is 0. The second-order valence-electron chi connectivity index (χ2n) is 4.75. The standard InChI is InChI=1S/C15H12F3N3O2/c16-15(17,18)13-5-6-19-14(20-13)21(9-11-3-1-7-22-11)10-12-4-2-8-23-12/h1-8H,9-10H2. The smallest absolute Gasteiger partial charge is 0.433 e. The van der Waals surface area contributed by atoms with E-state index in [4.69, 9.17) is 8.83 Å². The highest BCUT2D eigenvalue weighted by atomic mass is 19.4. The van der Waals surface area contributed by atoms with Gasteiger partial charge in [-0.2, -0.15) is 13.2 Å². The Morgan fingerprint density at radius 2 is 1.57 bits per heavy atom. The van der Waals surface area contributed by atoms with E-state index in [1.807, 2.05) is 0 Å². The summed E-state index contributed by atoms with van der Waals surface area (Å²) in [5, 5.41) is 0. The van der Waals surface area contributed by atoms with Gasteiger partial charge in [0, 0.05) is 6.20 Å². The summed E-state index contributed by atoms with van der Waals surface area (Å²) in [5.41, 5.74) is -0.994. The molecule has 0 saturated heterocycles. The molecule has 0 saturated carbocycles. The van der Waals surface area contributed by atoms with Crippen LogP contribution in [0.2, 0.25) is 0 Å². The summed E-state index contributed by atoms with van der Waals surface area (Å²) in [4.78, 5) is 9.11. The largest absolute Gasteiger partial charge is 0.467 e. The summed E-state index contributed by atoms with van der Waals surface area (Å²) in [7, 11) is 0. The fraction of sp³-hybridized carbons (Fsp3) is 0.200. The van der Waals surface area contributed by atoms with Gasteiger partial charge >= 0.3 is 6.18 Å². The molecule has 120 valence electrons. The first-order valence-electron chi connectivity index (χ1n) is 6.72. The van der Waals surface area contributed by atoms with Crippen molar-refractivity contribution in [3.63, 3.8) is 0 Å². The highest BCUT2D eigenvalue weighted by molar-refractivity contribution is 5.32. The van der Waals surface area contributed by atoms with Gasteiger partial charge in [0.05, 0.1) is 25.6 Å². The number of hydrogen-bond donors (Lipinski definition) is 0. The summed E-state index contributed by atoms with van der Waals surface area (Å²) in [6.07, 6.45) is -0.456. The minimum absolute atomic E-state index is 0.0485. The lowest BCUT2D eigenvalue weighted by Crippen LogP contribution is -2.25. The Labute approximate surface area is 129 Å². The molecule has 23 heavy (non-hydrogen) atoms. The van der Waals surface area contributed by atoms with Crippen LogP contribution < -0.4 is 4.90 Å². The van der Waals surface area contributed by atoms with Gasteiger partial charge < -0.3 is 13.7 Å². The van der Waals surface area contributed by atoms with Crippen LogP contribution in [0.15, 0.2) is 57.9 Å². The van der Waals surface area contributed by atoms with Crippen molar-refractivity contribution < 1.29 is 22.0 Å². The zero-order chi connectivity index (χ0) is 16.3. The molecule has 3 aromatic rings. The van der Waals surface area contributed by atoms with Crippen LogP contribution in [-0.2, 0) is 19.3 Å². The quantitative estimate of drug-likeness (QED) is 0.713. The number of nitrogens with zero attached hydrogens (tertiary/aromatic N) is 3. The first kappa shape index (κ1) is 15.1. The van der Waals surface area contributed by atoms with Crippen molar-refractivity contribution >= 4 is 5.95 Å². The third-order valence-corrected chi connectivity index (χ3v) is 3.07. The number of anilines is 1. The van der Waals surface area contributed by atoms with E-state index in [-0.39, 0.29) is 19.0 Å². The molecule has 3 heterocycles. The van der Waals surface area contributed by atoms with Gasteiger partial charge in [0.25, 0.3) is 0 Å². The van der Waals surface area contributed by atoms with Crippen LogP contribution in [-0.4, -0.2) is 9.97 Å². The SMILES string of the molecule is FC(F)(F)c1ccnc(N(Cc2ccco2)Cc2ccco2)n1. The molecular formula is C15H12F3N3O2. The van der Waals surface area contributed by atoms with Gasteiger partial charge in [-0.25, -0.2) is 9.97 Å². The Morgan fingerprint density at radius 1 is 0.957 bits per heavy atom. The van der Waals surface area contributed by atoms with Crippen molar-refractivity contribution in [2.24, 2.45) is 0 Å². The van der Waals surface area contributed by atoms with Crippen LogP contribution in [0.5, 0.6) is 0 Å². The lowest BCUT2D eigenvalue weighted by atomic mass is 10.3. The third kappa shape index (κ3) is 3.71. The Hall–Kier alpha value is -2.77. The van der Waals surface area contributed by atoms with Crippen LogP contribution in [0.4, 0.5) is 19.1 Å². The number of rotatable bonds is 5. The van der Waals surface area contributed by atoms with Crippen LogP contribution in [0.3, 0.4) is 0 Å². The predicted octanol–water partition coefficient (Wildman–Crippen LogP) is 3.89. The molecule has 0 aliphatic carbocycles. The van der Waals surface area contributed by atoms with Gasteiger partial charge in [-0.05, 0) is 30.3 Å². The summed E-state index contributed by atoms with van der Waals surface area (Å²) in [5.74, 6) is 1.11. The molecule has 0 aromatic carbocycles. The second kappa shape index (κ2) is 6.15. The van der Waals surface area contributed by atoms with Crippen molar-refractivity contribution in [3.05, 3.63) is 66.3 Å². The topological polar surface area (TPSA) is 55.3 Å². The van der Waals surface area contributed by atoms with Gasteiger partial charge in [0.2, 0.25) is 5.95 Å². The molecule has 0 aliphatic rings. The first-order chi connectivity index (χ1) is 11.0. The normalized spacial score (nSPS) is 11.6.